The standard InChI is InChI=1S/C8H11F9N2O5S3/c1-2-3-4-18-26(21,22)7(13,14)5(9,10)6(11,12)25(20)19-27(23,24)8(15,16)17/h18-19H,2-4H2,1H3. The first-order valence-electron chi connectivity index (χ1n) is 6.32. The van der Waals surface area contributed by atoms with E-state index >= 15 is 0 Å². The minimum Gasteiger partial charge on any atom is -0.235 e. The molecule has 0 amide bonds. The Morgan fingerprint density at radius 3 is 1.67 bits per heavy atom. The monoisotopic (exact) mass is 482 g/mol. The molecule has 0 heterocycles. The Bertz CT molecular complexity index is 763. The van der Waals surface area contributed by atoms with Gasteiger partial charge in [-0.1, -0.05) is 13.3 Å². The predicted molar refractivity (Wildman–Crippen MR) is 72.9 cm³/mol. The SMILES string of the molecule is CCCCNS(=O)(=O)C(F)(F)C(F)(F)C(F)(F)S(=O)NS(=O)(=O)C(F)(F)F. The van der Waals surface area contributed by atoms with Crippen molar-refractivity contribution in [2.45, 2.75) is 41.7 Å². The van der Waals surface area contributed by atoms with Gasteiger partial charge in [0.2, 0.25) is 0 Å². The highest BCUT2D eigenvalue weighted by Gasteiger charge is 2.80. The molecule has 0 aromatic carbocycles. The number of sulfonamides is 2. The van der Waals surface area contributed by atoms with Crippen molar-refractivity contribution in [1.29, 1.82) is 0 Å². The number of alkyl halides is 9. The Morgan fingerprint density at radius 1 is 0.852 bits per heavy atom. The van der Waals surface area contributed by atoms with Gasteiger partial charge >= 0.3 is 32.0 Å². The van der Waals surface area contributed by atoms with Gasteiger partial charge < -0.3 is 0 Å². The molecule has 0 radical (unpaired) electrons. The number of rotatable bonds is 10. The Morgan fingerprint density at radius 2 is 1.30 bits per heavy atom. The van der Waals surface area contributed by atoms with Crippen LogP contribution in [0.2, 0.25) is 0 Å². The van der Waals surface area contributed by atoms with Gasteiger partial charge in [-0.25, -0.2) is 25.8 Å². The largest absolute Gasteiger partial charge is 0.512 e. The van der Waals surface area contributed by atoms with E-state index in [2.05, 4.69) is 0 Å². The number of hydrogen-bond acceptors (Lipinski definition) is 5. The van der Waals surface area contributed by atoms with Gasteiger partial charge in [0.25, 0.3) is 10.0 Å². The van der Waals surface area contributed by atoms with Crippen LogP contribution in [0.15, 0.2) is 0 Å². The lowest BCUT2D eigenvalue weighted by Crippen LogP contribution is -2.63. The Labute approximate surface area is 149 Å². The zero-order valence-electron chi connectivity index (χ0n) is 12.8. The molecule has 0 aliphatic rings. The van der Waals surface area contributed by atoms with E-state index in [9.17, 15) is 60.6 Å². The third kappa shape index (κ3) is 5.04. The quantitative estimate of drug-likeness (QED) is 0.364. The van der Waals surface area contributed by atoms with Crippen molar-refractivity contribution < 1.29 is 60.6 Å². The predicted octanol–water partition coefficient (Wildman–Crippen LogP) is 1.63. The molecule has 0 rings (SSSR count). The minimum atomic E-state index is -7.07. The van der Waals surface area contributed by atoms with Crippen LogP contribution < -0.4 is 8.85 Å². The fourth-order valence-electron chi connectivity index (χ4n) is 1.13. The van der Waals surface area contributed by atoms with E-state index < -0.39 is 63.6 Å². The van der Waals surface area contributed by atoms with Gasteiger partial charge in [-0.2, -0.15) is 39.5 Å². The van der Waals surface area contributed by atoms with Crippen molar-refractivity contribution in [2.75, 3.05) is 6.54 Å². The van der Waals surface area contributed by atoms with Crippen LogP contribution in [-0.2, 0) is 31.0 Å². The highest BCUT2D eigenvalue weighted by molar-refractivity contribution is 8.02. The molecule has 0 aromatic rings. The van der Waals surface area contributed by atoms with E-state index in [4.69, 9.17) is 0 Å². The molecule has 2 N–H and O–H groups in total. The van der Waals surface area contributed by atoms with Gasteiger partial charge in [0.05, 0.1) is 0 Å². The molecule has 164 valence electrons. The molecule has 0 saturated carbocycles. The summed E-state index contributed by atoms with van der Waals surface area (Å²) < 4.78 is 172. The highest BCUT2D eigenvalue weighted by atomic mass is 32.3. The van der Waals surface area contributed by atoms with Gasteiger partial charge in [-0.3, -0.25) is 0 Å². The van der Waals surface area contributed by atoms with Crippen molar-refractivity contribution in [1.82, 2.24) is 8.85 Å². The third-order valence-corrected chi connectivity index (χ3v) is 6.94. The molecule has 7 nitrogen and oxygen atoms in total. The molecule has 0 spiro atoms. The summed E-state index contributed by atoms with van der Waals surface area (Å²) in [6.07, 6.45) is -0.00152. The van der Waals surface area contributed by atoms with Crippen LogP contribution in [-0.4, -0.2) is 49.5 Å². The van der Waals surface area contributed by atoms with Crippen LogP contribution >= 0.6 is 0 Å². The minimum absolute atomic E-state index is 0.171. The fraction of sp³-hybridized carbons (Fsp3) is 1.00. The lowest BCUT2D eigenvalue weighted by Gasteiger charge is -2.31. The fourth-order valence-corrected chi connectivity index (χ4v) is 4.21. The third-order valence-electron chi connectivity index (χ3n) is 2.61. The summed E-state index contributed by atoms with van der Waals surface area (Å²) in [5, 5.41) is -13.4. The molecule has 0 saturated heterocycles. The topological polar surface area (TPSA) is 109 Å². The smallest absolute Gasteiger partial charge is 0.235 e. The second-order valence-corrected chi connectivity index (χ2v) is 9.66. The summed E-state index contributed by atoms with van der Waals surface area (Å²) in [6, 6.07) is 0. The molecule has 1 atom stereocenters. The Balaban J connectivity index is 5.92. The van der Waals surface area contributed by atoms with E-state index in [0.717, 1.165) is 4.72 Å². The first kappa shape index (κ1) is 26.3. The molecule has 0 aliphatic heterocycles. The molecule has 1 unspecified atom stereocenters. The van der Waals surface area contributed by atoms with E-state index in [0.29, 0.717) is 0 Å². The van der Waals surface area contributed by atoms with Crippen LogP contribution in [0.5, 0.6) is 0 Å². The van der Waals surface area contributed by atoms with Crippen LogP contribution in [0.25, 0.3) is 0 Å². The molecule has 0 aliphatic carbocycles. The van der Waals surface area contributed by atoms with Gasteiger partial charge in [0.15, 0.2) is 11.0 Å². The molecular weight excluding hydrogens is 471 g/mol. The van der Waals surface area contributed by atoms with E-state index in [-0.39, 0.29) is 12.8 Å². The van der Waals surface area contributed by atoms with Crippen molar-refractivity contribution in [3.63, 3.8) is 0 Å². The summed E-state index contributed by atoms with van der Waals surface area (Å²) in [5.41, 5.74) is -6.40. The maximum Gasteiger partial charge on any atom is 0.512 e. The molecule has 0 aromatic heterocycles. The zero-order chi connectivity index (χ0) is 22.1. The summed E-state index contributed by atoms with van der Waals surface area (Å²) in [6.45, 7) is 0.547. The molecule has 27 heavy (non-hydrogen) atoms. The van der Waals surface area contributed by atoms with E-state index in [1.54, 1.807) is 0 Å². The molecule has 0 fully saturated rings. The van der Waals surface area contributed by atoms with Crippen LogP contribution in [0.4, 0.5) is 39.5 Å². The first-order valence-corrected chi connectivity index (χ1v) is 10.4. The second-order valence-electron chi connectivity index (χ2n) is 4.66. The average molecular weight is 482 g/mol. The van der Waals surface area contributed by atoms with Crippen molar-refractivity contribution in [3.8, 4) is 0 Å². The average Bonchev–Trinajstić information content (AvgIpc) is 2.44. The number of halogens is 9. The number of hydrogen-bond donors (Lipinski definition) is 2. The molecule has 0 bridgehead atoms. The summed E-state index contributed by atoms with van der Waals surface area (Å²) in [5.74, 6) is -7.07. The van der Waals surface area contributed by atoms with Crippen molar-refractivity contribution >= 4 is 31.0 Å². The zero-order valence-corrected chi connectivity index (χ0v) is 15.2. The van der Waals surface area contributed by atoms with Gasteiger partial charge in [0, 0.05) is 6.54 Å². The summed E-state index contributed by atoms with van der Waals surface area (Å²) >= 11 is 0. The first-order chi connectivity index (χ1) is 11.7. The van der Waals surface area contributed by atoms with Crippen molar-refractivity contribution in [3.05, 3.63) is 0 Å². The normalized spacial score (nSPS) is 16.4. The van der Waals surface area contributed by atoms with Crippen molar-refractivity contribution in [2.24, 2.45) is 0 Å². The van der Waals surface area contributed by atoms with Crippen LogP contribution in [0.1, 0.15) is 19.8 Å². The molecular formula is C8H11F9N2O5S3. The highest BCUT2D eigenvalue weighted by Crippen LogP contribution is 2.49. The second kappa shape index (κ2) is 7.99. The number of unbranched alkanes of at least 4 members (excludes halogenated alkanes) is 1. The summed E-state index contributed by atoms with van der Waals surface area (Å²) in [7, 11) is -18.8. The number of nitrogens with one attached hydrogen (secondary N) is 2. The summed E-state index contributed by atoms with van der Waals surface area (Å²) in [4.78, 5) is 0. The maximum absolute atomic E-state index is 13.5. The van der Waals surface area contributed by atoms with Crippen LogP contribution in [0, 0.1) is 0 Å². The van der Waals surface area contributed by atoms with E-state index in [1.807, 2.05) is 0 Å². The maximum atomic E-state index is 13.5. The van der Waals surface area contributed by atoms with Gasteiger partial charge in [-0.15, -0.1) is 4.13 Å². The van der Waals surface area contributed by atoms with E-state index in [1.165, 1.54) is 6.92 Å². The Hall–Kier alpha value is -0.660. The van der Waals surface area contributed by atoms with Gasteiger partial charge in [0.1, 0.15) is 0 Å². The van der Waals surface area contributed by atoms with Crippen LogP contribution in [0.3, 0.4) is 0 Å². The Kier molecular flexibility index (Phi) is 7.80. The molecule has 19 heteroatoms. The van der Waals surface area contributed by atoms with Gasteiger partial charge in [-0.05, 0) is 6.42 Å². The lowest BCUT2D eigenvalue weighted by molar-refractivity contribution is -0.242. The lowest BCUT2D eigenvalue weighted by atomic mass is 10.3.